The number of carbonyl (C=O) groups excluding carboxylic acids is 1. The zero-order valence-electron chi connectivity index (χ0n) is 14.7. The van der Waals surface area contributed by atoms with E-state index in [0.29, 0.717) is 18.4 Å². The number of aromatic nitrogens is 2. The summed E-state index contributed by atoms with van der Waals surface area (Å²) in [6, 6.07) is 0.323. The lowest BCUT2D eigenvalue weighted by Gasteiger charge is -2.32. The zero-order chi connectivity index (χ0) is 16.8. The molecule has 24 heavy (non-hydrogen) atoms. The topological polar surface area (TPSA) is 59.4 Å². The van der Waals surface area contributed by atoms with Gasteiger partial charge >= 0.3 is 0 Å². The number of nitrogens with zero attached hydrogens (tertiary/aromatic N) is 3. The minimum Gasteiger partial charge on any atom is -0.381 e. The Labute approximate surface area is 144 Å². The molecule has 2 fully saturated rings. The lowest BCUT2D eigenvalue weighted by Crippen LogP contribution is -2.41. The number of hydrogen-bond acceptors (Lipinski definition) is 4. The van der Waals surface area contributed by atoms with Crippen molar-refractivity contribution in [2.24, 2.45) is 5.92 Å². The number of aryl methyl sites for hydroxylation is 1. The van der Waals surface area contributed by atoms with Gasteiger partial charge in [-0.25, -0.2) is 0 Å². The lowest BCUT2D eigenvalue weighted by atomic mass is 9.93. The Morgan fingerprint density at radius 1 is 1.25 bits per heavy atom. The second-order valence-electron chi connectivity index (χ2n) is 7.22. The third-order valence-electron chi connectivity index (χ3n) is 5.18. The van der Waals surface area contributed by atoms with Gasteiger partial charge in [0, 0.05) is 38.4 Å². The molecule has 1 N–H and O–H groups in total. The van der Waals surface area contributed by atoms with Crippen molar-refractivity contribution in [3.05, 3.63) is 18.0 Å². The molecule has 2 saturated heterocycles. The summed E-state index contributed by atoms with van der Waals surface area (Å²) in [5.41, 5.74) is 1.21. The van der Waals surface area contributed by atoms with E-state index >= 15 is 0 Å². The van der Waals surface area contributed by atoms with Crippen molar-refractivity contribution in [1.82, 2.24) is 20.0 Å². The standard InChI is InChI=1S/C18H30N4O2/c1-15-13-19-22(14-15)9-8-21-6-2-16(3-7-21)12-18(23)20-17-4-10-24-11-5-17/h13-14,16-17H,2-12H2,1H3,(H,20,23). The summed E-state index contributed by atoms with van der Waals surface area (Å²) >= 11 is 0. The van der Waals surface area contributed by atoms with Crippen LogP contribution in [-0.2, 0) is 16.1 Å². The molecule has 1 amide bonds. The molecule has 2 aliphatic rings. The van der Waals surface area contributed by atoms with Crippen LogP contribution in [0.4, 0.5) is 0 Å². The Kier molecular flexibility index (Phi) is 6.26. The third-order valence-corrected chi connectivity index (χ3v) is 5.18. The Bertz CT molecular complexity index is 517. The molecular formula is C18H30N4O2. The number of hydrogen-bond donors (Lipinski definition) is 1. The number of rotatable bonds is 6. The van der Waals surface area contributed by atoms with Crippen molar-refractivity contribution in [2.75, 3.05) is 32.8 Å². The number of carbonyl (C=O) groups is 1. The molecule has 2 aliphatic heterocycles. The fraction of sp³-hybridized carbons (Fsp3) is 0.778. The molecule has 6 heteroatoms. The molecule has 3 rings (SSSR count). The lowest BCUT2D eigenvalue weighted by molar-refractivity contribution is -0.123. The number of piperidine rings is 1. The SMILES string of the molecule is Cc1cnn(CCN2CCC(CC(=O)NC3CCOCC3)CC2)c1. The second kappa shape index (κ2) is 8.62. The van der Waals surface area contributed by atoms with Crippen LogP contribution in [0.25, 0.3) is 0 Å². The highest BCUT2D eigenvalue weighted by Crippen LogP contribution is 2.20. The minimum absolute atomic E-state index is 0.229. The molecule has 0 bridgehead atoms. The number of likely N-dealkylation sites (tertiary alicyclic amines) is 1. The van der Waals surface area contributed by atoms with Gasteiger partial charge in [-0.3, -0.25) is 9.48 Å². The van der Waals surface area contributed by atoms with Crippen molar-refractivity contribution in [2.45, 2.75) is 51.6 Å². The van der Waals surface area contributed by atoms with Crippen LogP contribution in [0.5, 0.6) is 0 Å². The first-order valence-corrected chi connectivity index (χ1v) is 9.27. The van der Waals surface area contributed by atoms with Crippen LogP contribution in [-0.4, -0.2) is 59.5 Å². The van der Waals surface area contributed by atoms with Gasteiger partial charge in [0.05, 0.1) is 12.7 Å². The van der Waals surface area contributed by atoms with Crippen molar-refractivity contribution < 1.29 is 9.53 Å². The summed E-state index contributed by atoms with van der Waals surface area (Å²) in [6.07, 6.45) is 8.84. The highest BCUT2D eigenvalue weighted by Gasteiger charge is 2.23. The fourth-order valence-electron chi connectivity index (χ4n) is 3.64. The molecule has 0 aliphatic carbocycles. The zero-order valence-corrected chi connectivity index (χ0v) is 14.7. The van der Waals surface area contributed by atoms with E-state index in [1.54, 1.807) is 0 Å². The summed E-state index contributed by atoms with van der Waals surface area (Å²) in [5, 5.41) is 7.52. The van der Waals surface area contributed by atoms with E-state index in [9.17, 15) is 4.79 Å². The maximum Gasteiger partial charge on any atom is 0.220 e. The highest BCUT2D eigenvalue weighted by molar-refractivity contribution is 5.76. The van der Waals surface area contributed by atoms with Crippen LogP contribution in [0.15, 0.2) is 12.4 Å². The second-order valence-corrected chi connectivity index (χ2v) is 7.22. The molecule has 0 radical (unpaired) electrons. The van der Waals surface area contributed by atoms with Crippen LogP contribution >= 0.6 is 0 Å². The number of amides is 1. The molecule has 0 spiro atoms. The molecule has 0 unspecified atom stereocenters. The average Bonchev–Trinajstić information content (AvgIpc) is 3.00. The Morgan fingerprint density at radius 3 is 2.67 bits per heavy atom. The summed E-state index contributed by atoms with van der Waals surface area (Å²) in [4.78, 5) is 14.7. The van der Waals surface area contributed by atoms with Gasteiger partial charge in [0.2, 0.25) is 5.91 Å². The van der Waals surface area contributed by atoms with Crippen LogP contribution in [0.2, 0.25) is 0 Å². The quantitative estimate of drug-likeness (QED) is 0.858. The van der Waals surface area contributed by atoms with Crippen LogP contribution in [0, 0.1) is 12.8 Å². The number of ether oxygens (including phenoxy) is 1. The van der Waals surface area contributed by atoms with E-state index in [1.165, 1.54) is 5.56 Å². The molecular weight excluding hydrogens is 304 g/mol. The van der Waals surface area contributed by atoms with Gasteiger partial charge in [-0.1, -0.05) is 0 Å². The first-order chi connectivity index (χ1) is 11.7. The van der Waals surface area contributed by atoms with Crippen molar-refractivity contribution in [3.63, 3.8) is 0 Å². The summed E-state index contributed by atoms with van der Waals surface area (Å²) < 4.78 is 7.35. The average molecular weight is 334 g/mol. The molecule has 1 aromatic rings. The normalized spacial score (nSPS) is 21.0. The van der Waals surface area contributed by atoms with E-state index in [1.807, 2.05) is 10.9 Å². The Morgan fingerprint density at radius 2 is 2.00 bits per heavy atom. The van der Waals surface area contributed by atoms with Gasteiger partial charge in [0.1, 0.15) is 0 Å². The molecule has 0 aromatic carbocycles. The molecule has 6 nitrogen and oxygen atoms in total. The summed E-state index contributed by atoms with van der Waals surface area (Å²) in [5.74, 6) is 0.764. The van der Waals surface area contributed by atoms with Gasteiger partial charge in [-0.15, -0.1) is 0 Å². The largest absolute Gasteiger partial charge is 0.381 e. The summed E-state index contributed by atoms with van der Waals surface area (Å²) in [7, 11) is 0. The first kappa shape index (κ1) is 17.4. The van der Waals surface area contributed by atoms with E-state index in [2.05, 4.69) is 28.4 Å². The predicted molar refractivity (Wildman–Crippen MR) is 92.7 cm³/mol. The van der Waals surface area contributed by atoms with Gasteiger partial charge in [0.25, 0.3) is 0 Å². The molecule has 1 aromatic heterocycles. The Balaban J connectivity index is 1.32. The predicted octanol–water partition coefficient (Wildman–Crippen LogP) is 1.59. The monoisotopic (exact) mass is 334 g/mol. The summed E-state index contributed by atoms with van der Waals surface area (Å²) in [6.45, 7) is 7.80. The van der Waals surface area contributed by atoms with Gasteiger partial charge < -0.3 is 15.0 Å². The van der Waals surface area contributed by atoms with Gasteiger partial charge in [-0.05, 0) is 57.2 Å². The molecule has 3 heterocycles. The van der Waals surface area contributed by atoms with Crippen molar-refractivity contribution in [3.8, 4) is 0 Å². The van der Waals surface area contributed by atoms with E-state index in [0.717, 1.165) is 65.1 Å². The first-order valence-electron chi connectivity index (χ1n) is 9.27. The van der Waals surface area contributed by atoms with Crippen LogP contribution < -0.4 is 5.32 Å². The molecule has 134 valence electrons. The van der Waals surface area contributed by atoms with Crippen molar-refractivity contribution in [1.29, 1.82) is 0 Å². The van der Waals surface area contributed by atoms with Crippen LogP contribution in [0.3, 0.4) is 0 Å². The maximum absolute atomic E-state index is 12.2. The van der Waals surface area contributed by atoms with Gasteiger partial charge in [0.15, 0.2) is 0 Å². The molecule has 0 saturated carbocycles. The fourth-order valence-corrected chi connectivity index (χ4v) is 3.64. The molecule has 0 atom stereocenters. The van der Waals surface area contributed by atoms with E-state index in [-0.39, 0.29) is 5.91 Å². The Hall–Kier alpha value is -1.40. The maximum atomic E-state index is 12.2. The van der Waals surface area contributed by atoms with Gasteiger partial charge in [-0.2, -0.15) is 5.10 Å². The van der Waals surface area contributed by atoms with E-state index in [4.69, 9.17) is 4.74 Å². The smallest absolute Gasteiger partial charge is 0.220 e. The third kappa shape index (κ3) is 5.31. The van der Waals surface area contributed by atoms with Crippen molar-refractivity contribution >= 4 is 5.91 Å². The number of nitrogens with one attached hydrogen (secondary N) is 1. The minimum atomic E-state index is 0.229. The highest BCUT2D eigenvalue weighted by atomic mass is 16.5. The van der Waals surface area contributed by atoms with E-state index < -0.39 is 0 Å². The van der Waals surface area contributed by atoms with Crippen LogP contribution in [0.1, 0.15) is 37.7 Å².